The first-order valence-electron chi connectivity index (χ1n) is 4.35. The Balaban J connectivity index is 1.94. The minimum absolute atomic E-state index is 0.181. The molecule has 1 saturated heterocycles. The van der Waals surface area contributed by atoms with Gasteiger partial charge in [-0.15, -0.1) is 0 Å². The van der Waals surface area contributed by atoms with Crippen molar-refractivity contribution in [1.29, 1.82) is 0 Å². The molecule has 2 aliphatic carbocycles. The molecule has 60 valence electrons. The normalized spacial score (nSPS) is 44.4. The van der Waals surface area contributed by atoms with E-state index in [4.69, 9.17) is 9.47 Å². The van der Waals surface area contributed by atoms with Gasteiger partial charge in [-0.05, 0) is 12.3 Å². The predicted octanol–water partition coefficient (Wildman–Crippen LogP) is 1.33. The van der Waals surface area contributed by atoms with Crippen LogP contribution < -0.4 is 0 Å². The van der Waals surface area contributed by atoms with Gasteiger partial charge in [-0.25, -0.2) is 0 Å². The van der Waals surface area contributed by atoms with Crippen LogP contribution in [0.2, 0.25) is 0 Å². The molecule has 2 unspecified atom stereocenters. The second kappa shape index (κ2) is 1.87. The lowest BCUT2D eigenvalue weighted by atomic mass is 10.0. The molecule has 0 aromatic carbocycles. The molecule has 1 heterocycles. The molecular formula is C9H12O2. The van der Waals surface area contributed by atoms with Gasteiger partial charge in [-0.1, -0.05) is 12.2 Å². The van der Waals surface area contributed by atoms with E-state index in [-0.39, 0.29) is 5.79 Å². The third-order valence-electron chi connectivity index (χ3n) is 3.06. The summed E-state index contributed by atoms with van der Waals surface area (Å²) in [5.74, 6) is 1.10. The molecule has 2 bridgehead atoms. The number of allylic oxidation sites excluding steroid dienone is 1. The highest BCUT2D eigenvalue weighted by atomic mass is 16.7. The second-order valence-electron chi connectivity index (χ2n) is 3.70. The second-order valence-corrected chi connectivity index (χ2v) is 3.70. The molecule has 0 N–H and O–H groups in total. The number of hydrogen-bond donors (Lipinski definition) is 0. The highest BCUT2D eigenvalue weighted by Crippen LogP contribution is 2.50. The zero-order valence-corrected chi connectivity index (χ0v) is 6.45. The Labute approximate surface area is 66.2 Å². The maximum absolute atomic E-state index is 5.66. The van der Waals surface area contributed by atoms with Crippen LogP contribution >= 0.6 is 0 Å². The summed E-state index contributed by atoms with van der Waals surface area (Å²) in [4.78, 5) is 0. The first-order chi connectivity index (χ1) is 5.39. The average molecular weight is 152 g/mol. The molecule has 11 heavy (non-hydrogen) atoms. The fraction of sp³-hybridized carbons (Fsp3) is 0.778. The van der Waals surface area contributed by atoms with Gasteiger partial charge in [0.1, 0.15) is 0 Å². The summed E-state index contributed by atoms with van der Waals surface area (Å²) >= 11 is 0. The molecule has 3 rings (SSSR count). The summed E-state index contributed by atoms with van der Waals surface area (Å²) in [5, 5.41) is 0. The molecule has 3 aliphatic rings. The third-order valence-corrected chi connectivity index (χ3v) is 3.06. The van der Waals surface area contributed by atoms with E-state index in [2.05, 4.69) is 12.2 Å². The van der Waals surface area contributed by atoms with Crippen LogP contribution in [0.5, 0.6) is 0 Å². The summed E-state index contributed by atoms with van der Waals surface area (Å²) in [6.07, 6.45) is 6.91. The largest absolute Gasteiger partial charge is 0.347 e. The Morgan fingerprint density at radius 1 is 1.18 bits per heavy atom. The van der Waals surface area contributed by atoms with E-state index in [0.29, 0.717) is 5.92 Å². The van der Waals surface area contributed by atoms with Gasteiger partial charge in [-0.2, -0.15) is 0 Å². The van der Waals surface area contributed by atoms with Gasteiger partial charge < -0.3 is 9.47 Å². The first kappa shape index (κ1) is 6.21. The van der Waals surface area contributed by atoms with Crippen molar-refractivity contribution in [2.45, 2.75) is 18.6 Å². The zero-order chi connectivity index (χ0) is 7.31. The van der Waals surface area contributed by atoms with Crippen LogP contribution in [0.15, 0.2) is 12.2 Å². The molecule has 1 spiro atoms. The standard InChI is InChI=1S/C9H12O2/c1-2-8-5-7(1)6-9(8)10-3-4-11-9/h1-2,7-8H,3-6H2. The first-order valence-corrected chi connectivity index (χ1v) is 4.35. The van der Waals surface area contributed by atoms with Gasteiger partial charge >= 0.3 is 0 Å². The molecule has 1 aliphatic heterocycles. The Kier molecular flexibility index (Phi) is 1.06. The van der Waals surface area contributed by atoms with Gasteiger partial charge in [0.2, 0.25) is 0 Å². The van der Waals surface area contributed by atoms with Gasteiger partial charge in [0.05, 0.1) is 13.2 Å². The quantitative estimate of drug-likeness (QED) is 0.487. The fourth-order valence-electron chi connectivity index (χ4n) is 2.57. The predicted molar refractivity (Wildman–Crippen MR) is 40.0 cm³/mol. The van der Waals surface area contributed by atoms with E-state index in [1.165, 1.54) is 6.42 Å². The number of rotatable bonds is 0. The van der Waals surface area contributed by atoms with Crippen LogP contribution in [0.3, 0.4) is 0 Å². The zero-order valence-electron chi connectivity index (χ0n) is 6.45. The van der Waals surface area contributed by atoms with E-state index in [1.54, 1.807) is 0 Å². The number of ether oxygens (including phenoxy) is 2. The third kappa shape index (κ3) is 0.690. The minimum atomic E-state index is -0.181. The van der Waals surface area contributed by atoms with E-state index in [1.807, 2.05) is 0 Å². The summed E-state index contributed by atoms with van der Waals surface area (Å²) in [6, 6.07) is 0. The molecule has 0 amide bonds. The Morgan fingerprint density at radius 2 is 2.00 bits per heavy atom. The van der Waals surface area contributed by atoms with Crippen molar-refractivity contribution in [2.24, 2.45) is 11.8 Å². The molecule has 2 heteroatoms. The summed E-state index contributed by atoms with van der Waals surface area (Å²) < 4.78 is 11.3. The topological polar surface area (TPSA) is 18.5 Å². The van der Waals surface area contributed by atoms with Crippen molar-refractivity contribution in [1.82, 2.24) is 0 Å². The molecule has 0 radical (unpaired) electrons. The maximum Gasteiger partial charge on any atom is 0.175 e. The Morgan fingerprint density at radius 3 is 2.55 bits per heavy atom. The van der Waals surface area contributed by atoms with Crippen molar-refractivity contribution < 1.29 is 9.47 Å². The van der Waals surface area contributed by atoms with Crippen LogP contribution in [-0.4, -0.2) is 19.0 Å². The molecule has 2 fully saturated rings. The maximum atomic E-state index is 5.66. The van der Waals surface area contributed by atoms with Crippen molar-refractivity contribution in [3.63, 3.8) is 0 Å². The van der Waals surface area contributed by atoms with Gasteiger partial charge in [0.25, 0.3) is 0 Å². The van der Waals surface area contributed by atoms with Gasteiger partial charge in [0.15, 0.2) is 5.79 Å². The molecule has 2 nitrogen and oxygen atoms in total. The van der Waals surface area contributed by atoms with Crippen molar-refractivity contribution in [3.8, 4) is 0 Å². The monoisotopic (exact) mass is 152 g/mol. The average Bonchev–Trinajstić information content (AvgIpc) is 2.64. The van der Waals surface area contributed by atoms with Crippen LogP contribution in [0, 0.1) is 11.8 Å². The van der Waals surface area contributed by atoms with Crippen LogP contribution in [0.4, 0.5) is 0 Å². The Hall–Kier alpha value is -0.340. The molecular weight excluding hydrogens is 140 g/mol. The van der Waals surface area contributed by atoms with E-state index in [0.717, 1.165) is 25.6 Å². The molecule has 1 saturated carbocycles. The van der Waals surface area contributed by atoms with Crippen LogP contribution in [0.25, 0.3) is 0 Å². The van der Waals surface area contributed by atoms with Gasteiger partial charge in [0, 0.05) is 12.3 Å². The molecule has 0 aromatic heterocycles. The molecule has 2 atom stereocenters. The number of fused-ring (bicyclic) bond motifs is 3. The van der Waals surface area contributed by atoms with Crippen molar-refractivity contribution in [2.75, 3.05) is 13.2 Å². The minimum Gasteiger partial charge on any atom is -0.347 e. The SMILES string of the molecule is C1=CC2CC1CC21OCCO1. The highest BCUT2D eigenvalue weighted by Gasteiger charge is 2.52. The summed E-state index contributed by atoms with van der Waals surface area (Å²) in [7, 11) is 0. The van der Waals surface area contributed by atoms with Gasteiger partial charge in [-0.3, -0.25) is 0 Å². The molecule has 0 aromatic rings. The lowest BCUT2D eigenvalue weighted by Gasteiger charge is -2.28. The summed E-state index contributed by atoms with van der Waals surface area (Å²) in [6.45, 7) is 1.58. The smallest absolute Gasteiger partial charge is 0.175 e. The van der Waals surface area contributed by atoms with Crippen molar-refractivity contribution in [3.05, 3.63) is 12.2 Å². The highest BCUT2D eigenvalue weighted by molar-refractivity contribution is 5.15. The summed E-state index contributed by atoms with van der Waals surface area (Å²) in [5.41, 5.74) is 0. The Bertz CT molecular complexity index is 204. The van der Waals surface area contributed by atoms with Crippen LogP contribution in [-0.2, 0) is 9.47 Å². The van der Waals surface area contributed by atoms with E-state index in [9.17, 15) is 0 Å². The number of hydrogen-bond acceptors (Lipinski definition) is 2. The van der Waals surface area contributed by atoms with E-state index < -0.39 is 0 Å². The lowest BCUT2D eigenvalue weighted by Crippen LogP contribution is -2.34. The van der Waals surface area contributed by atoms with E-state index >= 15 is 0 Å². The lowest BCUT2D eigenvalue weighted by molar-refractivity contribution is -0.173. The van der Waals surface area contributed by atoms with Crippen molar-refractivity contribution >= 4 is 0 Å². The van der Waals surface area contributed by atoms with Crippen LogP contribution in [0.1, 0.15) is 12.8 Å². The fourth-order valence-corrected chi connectivity index (χ4v) is 2.57.